The highest BCUT2D eigenvalue weighted by Gasteiger charge is 2.17. The molecule has 98 valence electrons. The van der Waals surface area contributed by atoms with Crippen LogP contribution in [0.1, 0.15) is 10.4 Å². The van der Waals surface area contributed by atoms with Crippen molar-refractivity contribution < 1.29 is 23.1 Å². The van der Waals surface area contributed by atoms with Crippen molar-refractivity contribution in [1.82, 2.24) is 4.72 Å². The van der Waals surface area contributed by atoms with Gasteiger partial charge in [0, 0.05) is 0 Å². The molecule has 7 nitrogen and oxygen atoms in total. The van der Waals surface area contributed by atoms with Gasteiger partial charge in [-0.05, 0) is 18.2 Å². The molecule has 0 saturated heterocycles. The molecule has 0 aliphatic carbocycles. The first-order chi connectivity index (χ1) is 8.24. The fraction of sp³-hybridized carbons (Fsp3) is 0.111. The van der Waals surface area contributed by atoms with Gasteiger partial charge in [-0.25, -0.2) is 17.9 Å². The van der Waals surface area contributed by atoms with Crippen molar-refractivity contribution in [3.8, 4) is 0 Å². The van der Waals surface area contributed by atoms with E-state index < -0.39 is 28.4 Å². The summed E-state index contributed by atoms with van der Waals surface area (Å²) >= 11 is 5.63. The van der Waals surface area contributed by atoms with E-state index in [9.17, 15) is 18.0 Å². The number of halogens is 1. The van der Waals surface area contributed by atoms with E-state index in [1.807, 2.05) is 4.72 Å². The smallest absolute Gasteiger partial charge is 0.337 e. The van der Waals surface area contributed by atoms with E-state index in [0.29, 0.717) is 0 Å². The highest BCUT2D eigenvalue weighted by Crippen LogP contribution is 2.20. The number of aromatic carboxylic acids is 1. The Bertz CT molecular complexity index is 599. The molecular formula is C9H9ClN2O5S. The van der Waals surface area contributed by atoms with Crippen molar-refractivity contribution in [2.75, 3.05) is 6.54 Å². The summed E-state index contributed by atoms with van der Waals surface area (Å²) in [5, 5.41) is 8.51. The second-order valence-corrected chi connectivity index (χ2v) is 5.41. The van der Waals surface area contributed by atoms with Crippen molar-refractivity contribution in [2.24, 2.45) is 5.73 Å². The van der Waals surface area contributed by atoms with Gasteiger partial charge in [0.1, 0.15) is 0 Å². The van der Waals surface area contributed by atoms with Crippen LogP contribution in [-0.4, -0.2) is 31.9 Å². The van der Waals surface area contributed by atoms with Crippen molar-refractivity contribution in [3.63, 3.8) is 0 Å². The van der Waals surface area contributed by atoms with Gasteiger partial charge >= 0.3 is 5.97 Å². The summed E-state index contributed by atoms with van der Waals surface area (Å²) in [7, 11) is -3.95. The third-order valence-electron chi connectivity index (χ3n) is 1.92. The molecule has 0 fully saturated rings. The summed E-state index contributed by atoms with van der Waals surface area (Å²) in [4.78, 5) is 20.9. The Morgan fingerprint density at radius 3 is 2.44 bits per heavy atom. The molecule has 9 heteroatoms. The van der Waals surface area contributed by atoms with Gasteiger partial charge in [-0.1, -0.05) is 11.6 Å². The molecule has 0 aliphatic heterocycles. The molecule has 0 aromatic heterocycles. The standard InChI is InChI=1S/C9H9ClN2O5S/c10-7-3-5(1-2-6(7)9(14)15)18(16,17)12-4-8(11)13/h1-3,12H,4H2,(H2,11,13)(H,14,15). The number of benzene rings is 1. The molecule has 1 aromatic carbocycles. The molecule has 1 amide bonds. The first-order valence-electron chi connectivity index (χ1n) is 4.55. The Kier molecular flexibility index (Phi) is 4.28. The molecule has 0 aliphatic rings. The highest BCUT2D eigenvalue weighted by atomic mass is 35.5. The Balaban J connectivity index is 3.08. The second kappa shape index (κ2) is 5.34. The van der Waals surface area contributed by atoms with E-state index in [1.54, 1.807) is 0 Å². The topological polar surface area (TPSA) is 127 Å². The summed E-state index contributed by atoms with van der Waals surface area (Å²) in [5.41, 5.74) is 4.58. The van der Waals surface area contributed by atoms with Gasteiger partial charge in [0.05, 0.1) is 22.0 Å². The number of nitrogens with one attached hydrogen (secondary N) is 1. The van der Waals surface area contributed by atoms with E-state index in [2.05, 4.69) is 0 Å². The first kappa shape index (κ1) is 14.4. The van der Waals surface area contributed by atoms with Gasteiger partial charge in [0.15, 0.2) is 0 Å². The van der Waals surface area contributed by atoms with Gasteiger partial charge in [0.2, 0.25) is 15.9 Å². The summed E-state index contributed by atoms with van der Waals surface area (Å²) < 4.78 is 25.2. The highest BCUT2D eigenvalue weighted by molar-refractivity contribution is 7.89. The van der Waals surface area contributed by atoms with Crippen LogP contribution in [0.25, 0.3) is 0 Å². The van der Waals surface area contributed by atoms with Crippen LogP contribution in [0, 0.1) is 0 Å². The van der Waals surface area contributed by atoms with Crippen LogP contribution in [0.4, 0.5) is 0 Å². The van der Waals surface area contributed by atoms with Crippen molar-refractivity contribution >= 4 is 33.5 Å². The van der Waals surface area contributed by atoms with Gasteiger partial charge in [-0.2, -0.15) is 0 Å². The minimum absolute atomic E-state index is 0.217. The molecular weight excluding hydrogens is 284 g/mol. The minimum Gasteiger partial charge on any atom is -0.478 e. The zero-order chi connectivity index (χ0) is 13.9. The van der Waals surface area contributed by atoms with Crippen molar-refractivity contribution in [1.29, 1.82) is 0 Å². The maximum absolute atomic E-state index is 11.6. The molecule has 0 saturated carbocycles. The lowest BCUT2D eigenvalue weighted by Gasteiger charge is -2.06. The predicted octanol–water partition coefficient (Wildman–Crippen LogP) is -0.198. The van der Waals surface area contributed by atoms with Crippen LogP contribution in [0.3, 0.4) is 0 Å². The van der Waals surface area contributed by atoms with Gasteiger partial charge in [-0.15, -0.1) is 0 Å². The molecule has 18 heavy (non-hydrogen) atoms. The Labute approximate surface area is 108 Å². The Morgan fingerprint density at radius 2 is 2.00 bits per heavy atom. The van der Waals surface area contributed by atoms with Gasteiger partial charge in [0.25, 0.3) is 0 Å². The summed E-state index contributed by atoms with van der Waals surface area (Å²) in [5.74, 6) is -2.11. The Morgan fingerprint density at radius 1 is 1.39 bits per heavy atom. The van der Waals surface area contributed by atoms with E-state index >= 15 is 0 Å². The maximum Gasteiger partial charge on any atom is 0.337 e. The number of carbonyl (C=O) groups excluding carboxylic acids is 1. The molecule has 4 N–H and O–H groups in total. The number of carboxylic acids is 1. The molecule has 0 atom stereocenters. The number of carboxylic acid groups (broad SMARTS) is 1. The van der Waals surface area contributed by atoms with Crippen LogP contribution in [0.15, 0.2) is 23.1 Å². The van der Waals surface area contributed by atoms with E-state index in [0.717, 1.165) is 18.2 Å². The summed E-state index contributed by atoms with van der Waals surface area (Å²) in [6, 6.07) is 3.11. The normalized spacial score (nSPS) is 11.2. The summed E-state index contributed by atoms with van der Waals surface area (Å²) in [6.45, 7) is -0.555. The lowest BCUT2D eigenvalue weighted by atomic mass is 10.2. The van der Waals surface area contributed by atoms with E-state index in [4.69, 9.17) is 22.4 Å². The van der Waals surface area contributed by atoms with Crippen LogP contribution in [0.2, 0.25) is 5.02 Å². The van der Waals surface area contributed by atoms with Gasteiger partial charge in [-0.3, -0.25) is 4.79 Å². The zero-order valence-electron chi connectivity index (χ0n) is 8.88. The van der Waals surface area contributed by atoms with Crippen LogP contribution in [-0.2, 0) is 14.8 Å². The number of carbonyl (C=O) groups is 2. The SMILES string of the molecule is NC(=O)CNS(=O)(=O)c1ccc(C(=O)O)c(Cl)c1. The fourth-order valence-corrected chi connectivity index (χ4v) is 2.43. The molecule has 0 unspecified atom stereocenters. The molecule has 0 heterocycles. The number of primary amides is 1. The van der Waals surface area contributed by atoms with Crippen LogP contribution in [0.5, 0.6) is 0 Å². The predicted molar refractivity (Wildman–Crippen MR) is 62.8 cm³/mol. The molecule has 1 aromatic rings. The number of hydrogen-bond acceptors (Lipinski definition) is 4. The van der Waals surface area contributed by atoms with Crippen molar-refractivity contribution in [2.45, 2.75) is 4.90 Å². The quantitative estimate of drug-likeness (QED) is 0.693. The summed E-state index contributed by atoms with van der Waals surface area (Å²) in [6.07, 6.45) is 0. The number of hydrogen-bond donors (Lipinski definition) is 3. The first-order valence-corrected chi connectivity index (χ1v) is 6.41. The van der Waals surface area contributed by atoms with Crippen molar-refractivity contribution in [3.05, 3.63) is 28.8 Å². The van der Waals surface area contributed by atoms with E-state index in [1.165, 1.54) is 0 Å². The molecule has 0 spiro atoms. The third-order valence-corrected chi connectivity index (χ3v) is 3.63. The lowest BCUT2D eigenvalue weighted by molar-refractivity contribution is -0.116. The molecule has 0 radical (unpaired) electrons. The monoisotopic (exact) mass is 292 g/mol. The number of amides is 1. The van der Waals surface area contributed by atoms with Crippen LogP contribution >= 0.6 is 11.6 Å². The van der Waals surface area contributed by atoms with Gasteiger partial charge < -0.3 is 10.8 Å². The molecule has 1 rings (SSSR count). The zero-order valence-corrected chi connectivity index (χ0v) is 10.5. The number of sulfonamides is 1. The minimum atomic E-state index is -3.95. The Hall–Kier alpha value is -1.64. The number of nitrogens with two attached hydrogens (primary N) is 1. The van der Waals surface area contributed by atoms with E-state index in [-0.39, 0.29) is 15.5 Å². The average Bonchev–Trinajstić information content (AvgIpc) is 2.26. The number of rotatable bonds is 5. The largest absolute Gasteiger partial charge is 0.478 e. The molecule has 0 bridgehead atoms. The van der Waals surface area contributed by atoms with Crippen LogP contribution < -0.4 is 10.5 Å². The lowest BCUT2D eigenvalue weighted by Crippen LogP contribution is -2.33. The second-order valence-electron chi connectivity index (χ2n) is 3.24. The maximum atomic E-state index is 11.6. The average molecular weight is 293 g/mol. The third kappa shape index (κ3) is 3.42. The fourth-order valence-electron chi connectivity index (χ4n) is 1.09.